The maximum absolute atomic E-state index is 10.9. The van der Waals surface area contributed by atoms with Crippen molar-refractivity contribution in [2.24, 2.45) is 5.73 Å². The van der Waals surface area contributed by atoms with Crippen LogP contribution in [0.3, 0.4) is 0 Å². The zero-order valence-electron chi connectivity index (χ0n) is 7.29. The summed E-state index contributed by atoms with van der Waals surface area (Å²) in [6.07, 6.45) is 0. The molecule has 70 valence electrons. The molecule has 3 N–H and O–H groups in total. The van der Waals surface area contributed by atoms with E-state index in [1.807, 2.05) is 0 Å². The second kappa shape index (κ2) is 5.54. The van der Waals surface area contributed by atoms with Crippen LogP contribution in [0, 0.1) is 0 Å². The Balaban J connectivity index is 3.78. The van der Waals surface area contributed by atoms with E-state index in [-0.39, 0.29) is 12.5 Å². The maximum Gasteiger partial charge on any atom is 0.328 e. The van der Waals surface area contributed by atoms with Gasteiger partial charge >= 0.3 is 5.97 Å². The molecule has 12 heavy (non-hydrogen) atoms. The van der Waals surface area contributed by atoms with Crippen molar-refractivity contribution in [3.63, 3.8) is 0 Å². The molecule has 0 aromatic carbocycles. The number of ether oxygens (including phenoxy) is 1. The van der Waals surface area contributed by atoms with Crippen LogP contribution in [-0.4, -0.2) is 31.1 Å². The number of carbonyl (C=O) groups excluding carboxylic acids is 2. The fourth-order valence-electron chi connectivity index (χ4n) is 0.627. The summed E-state index contributed by atoms with van der Waals surface area (Å²) in [6, 6.07) is -0.624. The molecule has 0 rings (SSSR count). The molecule has 1 atom stereocenters. The Bertz CT molecular complexity index is 170. The largest absolute Gasteiger partial charge is 0.464 e. The van der Waals surface area contributed by atoms with Gasteiger partial charge in [0, 0.05) is 0 Å². The van der Waals surface area contributed by atoms with Gasteiger partial charge in [0.1, 0.15) is 6.04 Å². The summed E-state index contributed by atoms with van der Waals surface area (Å²) >= 11 is 0. The lowest BCUT2D eigenvalue weighted by molar-refractivity contribution is -0.146. The number of nitrogens with one attached hydrogen (secondary N) is 1. The van der Waals surface area contributed by atoms with Crippen LogP contribution in [0.2, 0.25) is 0 Å². The lowest BCUT2D eigenvalue weighted by Crippen LogP contribution is -2.42. The average Bonchev–Trinajstić information content (AvgIpc) is 2.04. The summed E-state index contributed by atoms with van der Waals surface area (Å²) in [5, 5.41) is 2.38. The van der Waals surface area contributed by atoms with Crippen molar-refractivity contribution < 1.29 is 14.3 Å². The highest BCUT2D eigenvalue weighted by Gasteiger charge is 2.14. The van der Waals surface area contributed by atoms with E-state index in [1.165, 1.54) is 0 Å². The summed E-state index contributed by atoms with van der Waals surface area (Å²) in [5.74, 6) is -0.810. The maximum atomic E-state index is 10.9. The molecule has 0 aliphatic heterocycles. The van der Waals surface area contributed by atoms with E-state index in [9.17, 15) is 9.59 Å². The van der Waals surface area contributed by atoms with Crippen molar-refractivity contribution in [2.45, 2.75) is 19.9 Å². The van der Waals surface area contributed by atoms with Gasteiger partial charge in [0.25, 0.3) is 0 Å². The summed E-state index contributed by atoms with van der Waals surface area (Å²) in [4.78, 5) is 21.6. The van der Waals surface area contributed by atoms with Gasteiger partial charge in [-0.15, -0.1) is 0 Å². The topological polar surface area (TPSA) is 81.4 Å². The van der Waals surface area contributed by atoms with Gasteiger partial charge in [-0.05, 0) is 13.8 Å². The molecule has 0 saturated heterocycles. The summed E-state index contributed by atoms with van der Waals surface area (Å²) < 4.78 is 4.65. The first-order valence-electron chi connectivity index (χ1n) is 3.77. The first-order chi connectivity index (χ1) is 5.61. The van der Waals surface area contributed by atoms with E-state index in [1.54, 1.807) is 13.8 Å². The van der Waals surface area contributed by atoms with E-state index >= 15 is 0 Å². The molecule has 1 amide bonds. The third-order valence-electron chi connectivity index (χ3n) is 1.20. The average molecular weight is 174 g/mol. The highest BCUT2D eigenvalue weighted by Crippen LogP contribution is 1.86. The predicted molar refractivity (Wildman–Crippen MR) is 43.3 cm³/mol. The fraction of sp³-hybridized carbons (Fsp3) is 0.714. The number of nitrogens with two attached hydrogens (primary N) is 1. The van der Waals surface area contributed by atoms with E-state index in [2.05, 4.69) is 10.1 Å². The highest BCUT2D eigenvalue weighted by molar-refractivity contribution is 5.84. The fourth-order valence-corrected chi connectivity index (χ4v) is 0.627. The standard InChI is InChI=1S/C7H14N2O3/c1-3-12-7(11)5(2)9-6(10)4-8/h5H,3-4,8H2,1-2H3,(H,9,10). The van der Waals surface area contributed by atoms with Gasteiger partial charge in [-0.2, -0.15) is 0 Å². The van der Waals surface area contributed by atoms with Crippen molar-refractivity contribution in [1.82, 2.24) is 5.32 Å². The van der Waals surface area contributed by atoms with Gasteiger partial charge in [0.05, 0.1) is 13.2 Å². The lowest BCUT2D eigenvalue weighted by Gasteiger charge is -2.11. The second-order valence-electron chi connectivity index (χ2n) is 2.25. The number of rotatable bonds is 4. The molecule has 0 bridgehead atoms. The van der Waals surface area contributed by atoms with Crippen molar-refractivity contribution in [3.8, 4) is 0 Å². The monoisotopic (exact) mass is 174 g/mol. The van der Waals surface area contributed by atoms with Gasteiger partial charge in [-0.25, -0.2) is 4.79 Å². The van der Waals surface area contributed by atoms with Crippen LogP contribution in [0.5, 0.6) is 0 Å². The Morgan fingerprint density at radius 3 is 2.58 bits per heavy atom. The van der Waals surface area contributed by atoms with Crippen molar-refractivity contribution in [3.05, 3.63) is 0 Å². The minimum atomic E-state index is -0.624. The number of carbonyl (C=O) groups is 2. The van der Waals surface area contributed by atoms with Gasteiger partial charge in [-0.1, -0.05) is 0 Å². The molecule has 0 saturated carbocycles. The Hall–Kier alpha value is -1.10. The first kappa shape index (κ1) is 10.9. The number of hydrogen-bond donors (Lipinski definition) is 2. The van der Waals surface area contributed by atoms with Gasteiger partial charge in [0.15, 0.2) is 0 Å². The van der Waals surface area contributed by atoms with E-state index in [0.717, 1.165) is 0 Å². The van der Waals surface area contributed by atoms with Crippen molar-refractivity contribution in [1.29, 1.82) is 0 Å². The first-order valence-corrected chi connectivity index (χ1v) is 3.77. The summed E-state index contributed by atoms with van der Waals surface area (Å²) in [5.41, 5.74) is 5.03. The molecule has 5 nitrogen and oxygen atoms in total. The third-order valence-corrected chi connectivity index (χ3v) is 1.20. The highest BCUT2D eigenvalue weighted by atomic mass is 16.5. The Labute approximate surface area is 71.3 Å². The Morgan fingerprint density at radius 1 is 1.58 bits per heavy atom. The van der Waals surface area contributed by atoms with Crippen LogP contribution in [0.4, 0.5) is 0 Å². The van der Waals surface area contributed by atoms with Gasteiger partial charge in [0.2, 0.25) is 5.91 Å². The SMILES string of the molecule is CCOC(=O)C(C)NC(=O)CN. The molecule has 0 fully saturated rings. The second-order valence-corrected chi connectivity index (χ2v) is 2.25. The minimum Gasteiger partial charge on any atom is -0.464 e. The smallest absolute Gasteiger partial charge is 0.328 e. The van der Waals surface area contributed by atoms with Gasteiger partial charge < -0.3 is 15.8 Å². The van der Waals surface area contributed by atoms with Crippen LogP contribution in [0.25, 0.3) is 0 Å². The lowest BCUT2D eigenvalue weighted by atomic mass is 10.3. The summed E-state index contributed by atoms with van der Waals surface area (Å²) in [7, 11) is 0. The Kier molecular flexibility index (Phi) is 5.03. The number of hydrogen-bond acceptors (Lipinski definition) is 4. The quantitative estimate of drug-likeness (QED) is 0.536. The van der Waals surface area contributed by atoms with E-state index in [0.29, 0.717) is 6.61 Å². The normalized spacial score (nSPS) is 11.9. The van der Waals surface area contributed by atoms with Crippen LogP contribution in [-0.2, 0) is 14.3 Å². The van der Waals surface area contributed by atoms with Crippen molar-refractivity contribution >= 4 is 11.9 Å². The van der Waals surface area contributed by atoms with Crippen LogP contribution in [0.15, 0.2) is 0 Å². The minimum absolute atomic E-state index is 0.121. The van der Waals surface area contributed by atoms with Crippen LogP contribution in [0.1, 0.15) is 13.8 Å². The molecule has 0 aliphatic rings. The third kappa shape index (κ3) is 3.92. The molecule has 0 aliphatic carbocycles. The summed E-state index contributed by atoms with van der Waals surface area (Å²) in [6.45, 7) is 3.44. The zero-order chi connectivity index (χ0) is 9.56. The molecule has 0 aromatic heterocycles. The molecule has 1 unspecified atom stereocenters. The van der Waals surface area contributed by atoms with Crippen molar-refractivity contribution in [2.75, 3.05) is 13.2 Å². The number of esters is 1. The van der Waals surface area contributed by atoms with Crippen LogP contribution < -0.4 is 11.1 Å². The molecule has 0 radical (unpaired) electrons. The van der Waals surface area contributed by atoms with E-state index in [4.69, 9.17) is 5.73 Å². The van der Waals surface area contributed by atoms with Crippen LogP contribution >= 0.6 is 0 Å². The predicted octanol–water partition coefficient (Wildman–Crippen LogP) is -0.987. The molecule has 5 heteroatoms. The molecule has 0 spiro atoms. The molecule has 0 aromatic rings. The zero-order valence-corrected chi connectivity index (χ0v) is 7.29. The molecule has 0 heterocycles. The number of amides is 1. The molecular weight excluding hydrogens is 160 g/mol. The molecular formula is C7H14N2O3. The Morgan fingerprint density at radius 2 is 2.17 bits per heavy atom. The van der Waals surface area contributed by atoms with Gasteiger partial charge in [-0.3, -0.25) is 4.79 Å². The van der Waals surface area contributed by atoms with E-state index < -0.39 is 12.0 Å².